The minimum absolute atomic E-state index is 0.0419. The predicted molar refractivity (Wildman–Crippen MR) is 126 cm³/mol. The highest BCUT2D eigenvalue weighted by atomic mass is 16.5. The van der Waals surface area contributed by atoms with Crippen molar-refractivity contribution in [1.82, 2.24) is 4.90 Å². The first-order chi connectivity index (χ1) is 15.1. The van der Waals surface area contributed by atoms with Crippen LogP contribution in [0, 0.1) is 0 Å². The number of carbonyl (C=O) groups is 1. The Morgan fingerprint density at radius 1 is 0.903 bits per heavy atom. The van der Waals surface area contributed by atoms with Gasteiger partial charge in [-0.1, -0.05) is 42.5 Å². The number of carbonyl (C=O) groups excluding carboxylic acids is 1. The molecule has 4 aromatic rings. The van der Waals surface area contributed by atoms with Crippen molar-refractivity contribution in [3.63, 3.8) is 0 Å². The number of benzene rings is 4. The van der Waals surface area contributed by atoms with Gasteiger partial charge in [-0.25, -0.2) is 0 Å². The highest BCUT2D eigenvalue weighted by molar-refractivity contribution is 6.21. The number of fused-ring (bicyclic) bond motifs is 3. The van der Waals surface area contributed by atoms with Crippen molar-refractivity contribution < 1.29 is 14.3 Å². The summed E-state index contributed by atoms with van der Waals surface area (Å²) in [6, 6.07) is 23.8. The zero-order chi connectivity index (χ0) is 21.8. The van der Waals surface area contributed by atoms with Crippen LogP contribution in [0.25, 0.3) is 21.5 Å². The van der Waals surface area contributed by atoms with Crippen molar-refractivity contribution in [2.75, 3.05) is 21.3 Å². The van der Waals surface area contributed by atoms with Crippen LogP contribution < -0.4 is 9.47 Å². The highest BCUT2D eigenvalue weighted by Gasteiger charge is 2.15. The van der Waals surface area contributed by atoms with E-state index >= 15 is 0 Å². The van der Waals surface area contributed by atoms with Crippen LogP contribution in [0.15, 0.2) is 85.1 Å². The lowest BCUT2D eigenvalue weighted by Crippen LogP contribution is -2.10. The Kier molecular flexibility index (Phi) is 5.89. The maximum Gasteiger partial charge on any atom is 0.187 e. The topological polar surface area (TPSA) is 38.8 Å². The second kappa shape index (κ2) is 8.92. The first kappa shape index (κ1) is 20.5. The van der Waals surface area contributed by atoms with E-state index in [4.69, 9.17) is 9.47 Å². The Hall–Kier alpha value is -3.79. The molecule has 0 radical (unpaired) electrons. The van der Waals surface area contributed by atoms with E-state index in [0.29, 0.717) is 5.56 Å². The number of hydrogen-bond acceptors (Lipinski definition) is 4. The van der Waals surface area contributed by atoms with Crippen molar-refractivity contribution in [1.29, 1.82) is 0 Å². The summed E-state index contributed by atoms with van der Waals surface area (Å²) in [6.45, 7) is 0.734. The second-order valence-electron chi connectivity index (χ2n) is 7.47. The largest absolute Gasteiger partial charge is 0.497 e. The van der Waals surface area contributed by atoms with E-state index in [0.717, 1.165) is 39.6 Å². The lowest BCUT2D eigenvalue weighted by molar-refractivity contribution is 0.104. The summed E-state index contributed by atoms with van der Waals surface area (Å²) in [5, 5.41) is 3.73. The summed E-state index contributed by atoms with van der Waals surface area (Å²) >= 11 is 0. The summed E-state index contributed by atoms with van der Waals surface area (Å²) in [5.74, 6) is 1.47. The third-order valence-electron chi connectivity index (χ3n) is 5.39. The molecule has 0 aliphatic carbocycles. The Morgan fingerprint density at radius 3 is 2.45 bits per heavy atom. The van der Waals surface area contributed by atoms with E-state index in [1.807, 2.05) is 78.8 Å². The van der Waals surface area contributed by atoms with E-state index in [2.05, 4.69) is 12.1 Å². The second-order valence-corrected chi connectivity index (χ2v) is 7.47. The Balaban J connectivity index is 1.75. The summed E-state index contributed by atoms with van der Waals surface area (Å²) in [4.78, 5) is 15.2. The van der Waals surface area contributed by atoms with Crippen molar-refractivity contribution in [2.45, 2.75) is 6.54 Å². The van der Waals surface area contributed by atoms with Gasteiger partial charge in [-0.05, 0) is 52.1 Å². The molecule has 0 atom stereocenters. The molecule has 0 bridgehead atoms. The van der Waals surface area contributed by atoms with E-state index in [-0.39, 0.29) is 5.78 Å². The van der Waals surface area contributed by atoms with Gasteiger partial charge in [0, 0.05) is 36.8 Å². The summed E-state index contributed by atoms with van der Waals surface area (Å²) < 4.78 is 11.0. The van der Waals surface area contributed by atoms with Crippen molar-refractivity contribution in [3.8, 4) is 11.5 Å². The molecule has 0 spiro atoms. The summed E-state index contributed by atoms with van der Waals surface area (Å²) in [5.41, 5.74) is 1.85. The Labute approximate surface area is 182 Å². The van der Waals surface area contributed by atoms with Crippen LogP contribution in [0.4, 0.5) is 0 Å². The van der Waals surface area contributed by atoms with Crippen LogP contribution in [0.3, 0.4) is 0 Å². The number of methoxy groups -OCH3 is 2. The predicted octanol–water partition coefficient (Wildman–Crippen LogP) is 5.84. The molecule has 4 rings (SSSR count). The maximum atomic E-state index is 13.2. The van der Waals surface area contributed by atoms with Crippen LogP contribution in [-0.2, 0) is 6.54 Å². The lowest BCUT2D eigenvalue weighted by Gasteiger charge is -2.15. The van der Waals surface area contributed by atoms with Crippen LogP contribution in [-0.4, -0.2) is 32.0 Å². The number of ketones is 1. The average molecular weight is 412 g/mol. The van der Waals surface area contributed by atoms with E-state index in [1.165, 1.54) is 5.56 Å². The van der Waals surface area contributed by atoms with Crippen LogP contribution in [0.2, 0.25) is 0 Å². The van der Waals surface area contributed by atoms with Gasteiger partial charge in [0.1, 0.15) is 11.5 Å². The number of allylic oxidation sites excluding steroid dienone is 1. The molecule has 4 heteroatoms. The summed E-state index contributed by atoms with van der Waals surface area (Å²) in [6.07, 6.45) is 3.47. The van der Waals surface area contributed by atoms with Crippen molar-refractivity contribution >= 4 is 27.3 Å². The van der Waals surface area contributed by atoms with Gasteiger partial charge in [0.05, 0.1) is 14.2 Å². The van der Waals surface area contributed by atoms with E-state index in [1.54, 1.807) is 20.3 Å². The van der Waals surface area contributed by atoms with Gasteiger partial charge in [0.15, 0.2) is 5.78 Å². The third-order valence-corrected chi connectivity index (χ3v) is 5.39. The van der Waals surface area contributed by atoms with Gasteiger partial charge in [-0.15, -0.1) is 0 Å². The molecule has 0 fully saturated rings. The van der Waals surface area contributed by atoms with E-state index < -0.39 is 0 Å². The molecule has 0 N–H and O–H groups in total. The minimum atomic E-state index is -0.0419. The van der Waals surface area contributed by atoms with Gasteiger partial charge >= 0.3 is 0 Å². The van der Waals surface area contributed by atoms with Gasteiger partial charge < -0.3 is 14.4 Å². The Morgan fingerprint density at radius 2 is 1.71 bits per heavy atom. The maximum absolute atomic E-state index is 13.2. The Bertz CT molecular complexity index is 1260. The number of nitrogens with zero attached hydrogens (tertiary/aromatic N) is 1. The normalized spacial score (nSPS) is 11.2. The van der Waals surface area contributed by atoms with Gasteiger partial charge in [0.2, 0.25) is 0 Å². The zero-order valence-corrected chi connectivity index (χ0v) is 18.0. The third kappa shape index (κ3) is 4.24. The van der Waals surface area contributed by atoms with Gasteiger partial charge in [-0.2, -0.15) is 0 Å². The van der Waals surface area contributed by atoms with Crippen LogP contribution in [0.1, 0.15) is 15.9 Å². The molecule has 4 nitrogen and oxygen atoms in total. The molecule has 31 heavy (non-hydrogen) atoms. The molecule has 0 aromatic heterocycles. The van der Waals surface area contributed by atoms with Gasteiger partial charge in [0.25, 0.3) is 0 Å². The molecule has 0 amide bonds. The molecule has 0 unspecified atom stereocenters. The first-order valence-corrected chi connectivity index (χ1v) is 10.1. The molecule has 156 valence electrons. The highest BCUT2D eigenvalue weighted by Crippen LogP contribution is 2.37. The van der Waals surface area contributed by atoms with E-state index in [9.17, 15) is 4.79 Å². The fraction of sp³-hybridized carbons (Fsp3) is 0.148. The molecular weight excluding hydrogens is 386 g/mol. The first-order valence-electron chi connectivity index (χ1n) is 10.1. The molecule has 0 saturated carbocycles. The molecule has 0 aliphatic rings. The quantitative estimate of drug-likeness (QED) is 0.218. The lowest BCUT2D eigenvalue weighted by atomic mass is 9.94. The monoisotopic (exact) mass is 411 g/mol. The minimum Gasteiger partial charge on any atom is -0.497 e. The fourth-order valence-electron chi connectivity index (χ4n) is 3.86. The molecule has 0 saturated heterocycles. The molecular formula is C27H25NO3. The van der Waals surface area contributed by atoms with Crippen LogP contribution >= 0.6 is 0 Å². The average Bonchev–Trinajstić information content (AvgIpc) is 2.81. The molecule has 0 heterocycles. The summed E-state index contributed by atoms with van der Waals surface area (Å²) in [7, 11) is 5.26. The zero-order valence-electron chi connectivity index (χ0n) is 18.0. The number of hydrogen-bond donors (Lipinski definition) is 0. The standard InChI is InChI=1S/C27H25NO3/c1-28(18-19-8-5-4-6-9-19)15-14-25(29)23-16-20-10-7-11-26(31-3)27(20)24-17-21(30-2)12-13-22(23)24/h4-17H,18H2,1-3H3. The van der Waals surface area contributed by atoms with Gasteiger partial charge in [-0.3, -0.25) is 4.79 Å². The van der Waals surface area contributed by atoms with Crippen molar-refractivity contribution in [2.24, 2.45) is 0 Å². The number of ether oxygens (including phenoxy) is 2. The SMILES string of the molecule is COc1ccc2c(C(=O)C=CN(C)Cc3ccccc3)cc3cccc(OC)c3c2c1. The molecule has 4 aromatic carbocycles. The van der Waals surface area contributed by atoms with Crippen molar-refractivity contribution in [3.05, 3.63) is 96.2 Å². The smallest absolute Gasteiger partial charge is 0.187 e. The number of rotatable bonds is 7. The molecule has 0 aliphatic heterocycles. The van der Waals surface area contributed by atoms with Crippen LogP contribution in [0.5, 0.6) is 11.5 Å². The fourth-order valence-corrected chi connectivity index (χ4v) is 3.86.